The molecule has 3 nitrogen and oxygen atoms in total. The van der Waals surface area contributed by atoms with E-state index in [1.165, 1.54) is 0 Å². The highest BCUT2D eigenvalue weighted by Crippen LogP contribution is 2.17. The zero-order chi connectivity index (χ0) is 13.4. The Balaban J connectivity index is 2.12. The molecule has 18 heavy (non-hydrogen) atoms. The van der Waals surface area contributed by atoms with Crippen LogP contribution in [0.2, 0.25) is 0 Å². The van der Waals surface area contributed by atoms with Crippen LogP contribution in [0.25, 0.3) is 0 Å². The summed E-state index contributed by atoms with van der Waals surface area (Å²) in [4.78, 5) is 2.11. The van der Waals surface area contributed by atoms with E-state index in [0.29, 0.717) is 13.2 Å². The van der Waals surface area contributed by atoms with Crippen molar-refractivity contribution < 1.29 is 13.5 Å². The largest absolute Gasteiger partial charge is 0.489 e. The Labute approximate surface area is 107 Å². The van der Waals surface area contributed by atoms with E-state index in [1.807, 2.05) is 14.1 Å². The first-order chi connectivity index (χ1) is 8.59. The average molecular weight is 258 g/mol. The lowest BCUT2D eigenvalue weighted by Gasteiger charge is -2.10. The fraction of sp³-hybridized carbons (Fsp3) is 0.538. The van der Waals surface area contributed by atoms with Gasteiger partial charge in [-0.3, -0.25) is 0 Å². The molecule has 102 valence electrons. The molecule has 0 aliphatic carbocycles. The number of nitrogens with one attached hydrogen (secondary N) is 1. The number of ether oxygens (including phenoxy) is 1. The van der Waals surface area contributed by atoms with Gasteiger partial charge < -0.3 is 15.0 Å². The van der Waals surface area contributed by atoms with Crippen molar-refractivity contribution in [1.29, 1.82) is 0 Å². The van der Waals surface area contributed by atoms with Gasteiger partial charge in [0.1, 0.15) is 12.4 Å². The van der Waals surface area contributed by atoms with Gasteiger partial charge in [-0.15, -0.1) is 0 Å². The maximum absolute atomic E-state index is 13.2. The number of hydrogen-bond donors (Lipinski definition) is 1. The van der Waals surface area contributed by atoms with Gasteiger partial charge in [0, 0.05) is 12.6 Å². The first-order valence-electron chi connectivity index (χ1n) is 6.03. The predicted octanol–water partition coefficient (Wildman–Crippen LogP) is 1.88. The van der Waals surface area contributed by atoms with Gasteiger partial charge in [0.15, 0.2) is 11.6 Å². The molecule has 1 N–H and O–H groups in total. The third-order valence-electron chi connectivity index (χ3n) is 2.39. The van der Waals surface area contributed by atoms with E-state index in [4.69, 9.17) is 4.74 Å². The summed E-state index contributed by atoms with van der Waals surface area (Å²) in [6.45, 7) is 2.84. The molecule has 0 unspecified atom stereocenters. The minimum atomic E-state index is -0.538. The topological polar surface area (TPSA) is 24.5 Å². The zero-order valence-corrected chi connectivity index (χ0v) is 10.9. The van der Waals surface area contributed by atoms with Crippen LogP contribution in [0.3, 0.4) is 0 Å². The van der Waals surface area contributed by atoms with Gasteiger partial charge in [-0.1, -0.05) is 0 Å². The molecule has 0 atom stereocenters. The van der Waals surface area contributed by atoms with Crippen LogP contribution in [0.15, 0.2) is 18.2 Å². The lowest BCUT2D eigenvalue weighted by atomic mass is 10.3. The highest BCUT2D eigenvalue weighted by Gasteiger charge is 2.04. The van der Waals surface area contributed by atoms with Gasteiger partial charge in [0.05, 0.1) is 0 Å². The molecule has 0 saturated carbocycles. The smallest absolute Gasteiger partial charge is 0.165 e. The molecule has 0 aliphatic rings. The molecule has 5 heteroatoms. The second-order valence-corrected chi connectivity index (χ2v) is 4.33. The Hall–Kier alpha value is -1.20. The first-order valence-corrected chi connectivity index (χ1v) is 6.03. The Kier molecular flexibility index (Phi) is 6.60. The van der Waals surface area contributed by atoms with E-state index in [1.54, 1.807) is 0 Å². The molecule has 0 amide bonds. The summed E-state index contributed by atoms with van der Waals surface area (Å²) in [7, 11) is 4.05. The van der Waals surface area contributed by atoms with Crippen LogP contribution in [0.1, 0.15) is 6.42 Å². The number of rotatable bonds is 8. The highest BCUT2D eigenvalue weighted by molar-refractivity contribution is 5.24. The molecular formula is C13H20F2N2O. The Bertz CT molecular complexity index is 359. The van der Waals surface area contributed by atoms with E-state index in [2.05, 4.69) is 10.2 Å². The van der Waals surface area contributed by atoms with Crippen LogP contribution >= 0.6 is 0 Å². The number of halogens is 2. The highest BCUT2D eigenvalue weighted by atomic mass is 19.1. The van der Waals surface area contributed by atoms with Crippen LogP contribution in [-0.4, -0.2) is 45.2 Å². The fourth-order valence-corrected chi connectivity index (χ4v) is 1.47. The van der Waals surface area contributed by atoms with Crippen molar-refractivity contribution >= 4 is 0 Å². The lowest BCUT2D eigenvalue weighted by molar-refractivity contribution is 0.295. The molecule has 0 spiro atoms. The van der Waals surface area contributed by atoms with Crippen LogP contribution in [0.4, 0.5) is 8.78 Å². The van der Waals surface area contributed by atoms with Gasteiger partial charge in [-0.05, 0) is 45.7 Å². The van der Waals surface area contributed by atoms with Crippen molar-refractivity contribution in [2.75, 3.05) is 40.3 Å². The molecule has 1 aromatic carbocycles. The Morgan fingerprint density at radius 3 is 2.72 bits per heavy atom. The summed E-state index contributed by atoms with van der Waals surface area (Å²) < 4.78 is 31.2. The van der Waals surface area contributed by atoms with Gasteiger partial charge in [-0.2, -0.15) is 0 Å². The van der Waals surface area contributed by atoms with Crippen LogP contribution in [0.5, 0.6) is 5.75 Å². The number of benzene rings is 1. The van der Waals surface area contributed by atoms with Gasteiger partial charge >= 0.3 is 0 Å². The number of hydrogen-bond acceptors (Lipinski definition) is 3. The molecule has 0 saturated heterocycles. The van der Waals surface area contributed by atoms with Gasteiger partial charge in [-0.25, -0.2) is 8.78 Å². The Morgan fingerprint density at radius 1 is 1.22 bits per heavy atom. The minimum Gasteiger partial charge on any atom is -0.489 e. The average Bonchev–Trinajstić information content (AvgIpc) is 2.32. The quantitative estimate of drug-likeness (QED) is 0.721. The zero-order valence-electron chi connectivity index (χ0n) is 10.9. The molecule has 0 heterocycles. The van der Waals surface area contributed by atoms with Crippen LogP contribution < -0.4 is 10.1 Å². The van der Waals surface area contributed by atoms with Crippen molar-refractivity contribution in [3.8, 4) is 5.75 Å². The fourth-order valence-electron chi connectivity index (χ4n) is 1.47. The third kappa shape index (κ3) is 5.93. The monoisotopic (exact) mass is 258 g/mol. The van der Waals surface area contributed by atoms with Crippen molar-refractivity contribution in [3.05, 3.63) is 29.8 Å². The van der Waals surface area contributed by atoms with Gasteiger partial charge in [0.25, 0.3) is 0 Å². The summed E-state index contributed by atoms with van der Waals surface area (Å²) in [5, 5.41) is 3.18. The molecule has 0 fully saturated rings. The predicted molar refractivity (Wildman–Crippen MR) is 67.9 cm³/mol. The summed E-state index contributed by atoms with van der Waals surface area (Å²) in [5.41, 5.74) is 0. The molecule has 0 aromatic heterocycles. The summed E-state index contributed by atoms with van der Waals surface area (Å²) in [6, 6.07) is 3.19. The standard InChI is InChI=1S/C13H20F2N2O/c1-17(2)8-3-6-16-7-9-18-13-10-11(14)4-5-12(13)15/h4-5,10,16H,3,6-9H2,1-2H3. The first kappa shape index (κ1) is 14.9. The second-order valence-electron chi connectivity index (χ2n) is 4.33. The van der Waals surface area contributed by atoms with Gasteiger partial charge in [0.2, 0.25) is 0 Å². The second kappa shape index (κ2) is 8.00. The van der Waals surface area contributed by atoms with Crippen LogP contribution in [0, 0.1) is 11.6 Å². The molecular weight excluding hydrogens is 238 g/mol. The molecule has 0 aliphatic heterocycles. The van der Waals surface area contributed by atoms with Crippen molar-refractivity contribution in [3.63, 3.8) is 0 Å². The maximum Gasteiger partial charge on any atom is 0.165 e. The Morgan fingerprint density at radius 2 is 2.00 bits per heavy atom. The lowest BCUT2D eigenvalue weighted by Crippen LogP contribution is -2.25. The van der Waals surface area contributed by atoms with E-state index in [0.717, 1.165) is 37.7 Å². The molecule has 1 rings (SSSR count). The maximum atomic E-state index is 13.2. The normalized spacial score (nSPS) is 10.9. The summed E-state index contributed by atoms with van der Waals surface area (Å²) in [5.74, 6) is -1.07. The van der Waals surface area contributed by atoms with Crippen molar-refractivity contribution in [2.45, 2.75) is 6.42 Å². The number of nitrogens with zero attached hydrogens (tertiary/aromatic N) is 1. The van der Waals surface area contributed by atoms with E-state index >= 15 is 0 Å². The summed E-state index contributed by atoms with van der Waals surface area (Å²) in [6.07, 6.45) is 1.04. The molecule has 0 radical (unpaired) electrons. The van der Waals surface area contributed by atoms with E-state index in [9.17, 15) is 8.78 Å². The summed E-state index contributed by atoms with van der Waals surface area (Å²) >= 11 is 0. The van der Waals surface area contributed by atoms with Crippen molar-refractivity contribution in [2.24, 2.45) is 0 Å². The minimum absolute atomic E-state index is 0.0370. The molecule has 0 bridgehead atoms. The SMILES string of the molecule is CN(C)CCCNCCOc1cc(F)ccc1F. The van der Waals surface area contributed by atoms with E-state index in [-0.39, 0.29) is 5.75 Å². The molecule has 1 aromatic rings. The third-order valence-corrected chi connectivity index (χ3v) is 2.39. The van der Waals surface area contributed by atoms with Crippen molar-refractivity contribution in [1.82, 2.24) is 10.2 Å². The van der Waals surface area contributed by atoms with E-state index < -0.39 is 11.6 Å². The van der Waals surface area contributed by atoms with Crippen LogP contribution in [-0.2, 0) is 0 Å².